The van der Waals surface area contributed by atoms with E-state index in [1.807, 2.05) is 19.9 Å². The van der Waals surface area contributed by atoms with Crippen LogP contribution in [0.3, 0.4) is 0 Å². The second-order valence-corrected chi connectivity index (χ2v) is 3.56. The number of nitriles is 1. The highest BCUT2D eigenvalue weighted by atomic mass is 16.5. The molecule has 0 aliphatic rings. The largest absolute Gasteiger partial charge is 0.378 e. The summed E-state index contributed by atoms with van der Waals surface area (Å²) in [6.07, 6.45) is 0.259. The number of hydrogen-bond acceptors (Lipinski definition) is 3. The van der Waals surface area contributed by atoms with Gasteiger partial charge in [0, 0.05) is 7.11 Å². The number of carbonyl (C=O) groups is 1. The predicted octanol–water partition coefficient (Wildman–Crippen LogP) is 0.830. The molecule has 0 bridgehead atoms. The number of ether oxygens (including phenoxy) is 1. The number of nitrogens with zero attached hydrogens (tertiary/aromatic N) is 1. The Morgan fingerprint density at radius 3 is 2.62 bits per heavy atom. The van der Waals surface area contributed by atoms with Gasteiger partial charge in [-0.05, 0) is 20.8 Å². The van der Waals surface area contributed by atoms with Gasteiger partial charge in [0.05, 0.1) is 18.1 Å². The van der Waals surface area contributed by atoms with Gasteiger partial charge in [0.15, 0.2) is 0 Å². The Morgan fingerprint density at radius 1 is 1.69 bits per heavy atom. The summed E-state index contributed by atoms with van der Waals surface area (Å²) in [6, 6.07) is 1.48. The minimum atomic E-state index is -0.473. The molecule has 0 saturated carbocycles. The van der Waals surface area contributed by atoms with E-state index in [4.69, 9.17) is 10.00 Å². The van der Waals surface area contributed by atoms with Gasteiger partial charge in [0.25, 0.3) is 0 Å². The molecule has 1 unspecified atom stereocenters. The Morgan fingerprint density at radius 2 is 2.23 bits per heavy atom. The van der Waals surface area contributed by atoms with E-state index in [0.717, 1.165) is 0 Å². The fourth-order valence-corrected chi connectivity index (χ4v) is 0.784. The molecule has 0 saturated heterocycles. The monoisotopic (exact) mass is 184 g/mol. The van der Waals surface area contributed by atoms with E-state index in [0.29, 0.717) is 0 Å². The molecule has 74 valence electrons. The van der Waals surface area contributed by atoms with E-state index in [-0.39, 0.29) is 12.3 Å². The van der Waals surface area contributed by atoms with Crippen LogP contribution in [0.25, 0.3) is 0 Å². The topological polar surface area (TPSA) is 62.1 Å². The second-order valence-electron chi connectivity index (χ2n) is 3.56. The van der Waals surface area contributed by atoms with Crippen molar-refractivity contribution in [1.29, 1.82) is 5.26 Å². The standard InChI is InChI=1S/C9H16N2O2/c1-7(6-10)11-8(12)5-9(2,3)13-4/h7H,5H2,1-4H3,(H,11,12). The van der Waals surface area contributed by atoms with Crippen molar-refractivity contribution in [3.63, 3.8) is 0 Å². The predicted molar refractivity (Wildman–Crippen MR) is 48.9 cm³/mol. The number of methoxy groups -OCH3 is 1. The molecule has 1 atom stereocenters. The molecule has 0 heterocycles. The number of nitrogens with one attached hydrogen (secondary N) is 1. The van der Waals surface area contributed by atoms with Gasteiger partial charge in [-0.25, -0.2) is 0 Å². The number of hydrogen-bond donors (Lipinski definition) is 1. The third kappa shape index (κ3) is 5.21. The van der Waals surface area contributed by atoms with Gasteiger partial charge in [-0.3, -0.25) is 4.79 Å². The van der Waals surface area contributed by atoms with E-state index in [1.54, 1.807) is 14.0 Å². The van der Waals surface area contributed by atoms with Crippen molar-refractivity contribution in [3.05, 3.63) is 0 Å². The average Bonchev–Trinajstić information content (AvgIpc) is 2.03. The van der Waals surface area contributed by atoms with Crippen LogP contribution in [-0.4, -0.2) is 24.7 Å². The number of amides is 1. The van der Waals surface area contributed by atoms with Crippen molar-refractivity contribution in [1.82, 2.24) is 5.32 Å². The molecule has 0 radical (unpaired) electrons. The van der Waals surface area contributed by atoms with Crippen molar-refractivity contribution < 1.29 is 9.53 Å². The first-order chi connectivity index (χ1) is 5.91. The number of carbonyl (C=O) groups excluding carboxylic acids is 1. The van der Waals surface area contributed by atoms with Gasteiger partial charge in [-0.1, -0.05) is 0 Å². The van der Waals surface area contributed by atoms with Crippen LogP contribution in [-0.2, 0) is 9.53 Å². The van der Waals surface area contributed by atoms with Crippen molar-refractivity contribution in [3.8, 4) is 6.07 Å². The molecule has 0 rings (SSSR count). The molecular weight excluding hydrogens is 168 g/mol. The molecule has 0 fully saturated rings. The number of rotatable bonds is 4. The average molecular weight is 184 g/mol. The maximum Gasteiger partial charge on any atom is 0.223 e. The summed E-state index contributed by atoms with van der Waals surface area (Å²) in [5, 5.41) is 11.0. The minimum Gasteiger partial charge on any atom is -0.378 e. The van der Waals surface area contributed by atoms with Crippen LogP contribution in [0.2, 0.25) is 0 Å². The lowest BCUT2D eigenvalue weighted by Gasteiger charge is -2.22. The third-order valence-corrected chi connectivity index (χ3v) is 1.71. The van der Waals surface area contributed by atoms with Gasteiger partial charge in [0.1, 0.15) is 6.04 Å². The Kier molecular flexibility index (Phi) is 4.43. The van der Waals surface area contributed by atoms with Crippen molar-refractivity contribution in [2.24, 2.45) is 0 Å². The molecule has 1 amide bonds. The van der Waals surface area contributed by atoms with Crippen LogP contribution in [0.15, 0.2) is 0 Å². The van der Waals surface area contributed by atoms with E-state index in [1.165, 1.54) is 0 Å². The van der Waals surface area contributed by atoms with E-state index < -0.39 is 11.6 Å². The quantitative estimate of drug-likeness (QED) is 0.704. The molecule has 0 aromatic rings. The third-order valence-electron chi connectivity index (χ3n) is 1.71. The highest BCUT2D eigenvalue weighted by Gasteiger charge is 2.21. The van der Waals surface area contributed by atoms with Gasteiger partial charge in [0.2, 0.25) is 5.91 Å². The van der Waals surface area contributed by atoms with E-state index in [2.05, 4.69) is 5.32 Å². The van der Waals surface area contributed by atoms with Crippen LogP contribution in [0.5, 0.6) is 0 Å². The summed E-state index contributed by atoms with van der Waals surface area (Å²) in [5.74, 6) is -0.166. The summed E-state index contributed by atoms with van der Waals surface area (Å²) in [6.45, 7) is 5.28. The molecule has 13 heavy (non-hydrogen) atoms. The van der Waals surface area contributed by atoms with Crippen molar-refractivity contribution in [2.75, 3.05) is 7.11 Å². The summed E-state index contributed by atoms with van der Waals surface area (Å²) in [5.41, 5.74) is -0.473. The van der Waals surface area contributed by atoms with E-state index >= 15 is 0 Å². The minimum absolute atomic E-state index is 0.166. The zero-order valence-corrected chi connectivity index (χ0v) is 8.55. The van der Waals surface area contributed by atoms with Gasteiger partial charge >= 0.3 is 0 Å². The molecule has 4 heteroatoms. The molecule has 1 N–H and O–H groups in total. The Hall–Kier alpha value is -1.08. The first-order valence-electron chi connectivity index (χ1n) is 4.15. The lowest BCUT2D eigenvalue weighted by Crippen LogP contribution is -2.37. The van der Waals surface area contributed by atoms with Crippen LogP contribution in [0.1, 0.15) is 27.2 Å². The first kappa shape index (κ1) is 11.9. The Bertz CT molecular complexity index is 218. The van der Waals surface area contributed by atoms with Crippen LogP contribution in [0.4, 0.5) is 0 Å². The van der Waals surface area contributed by atoms with E-state index in [9.17, 15) is 4.79 Å². The van der Waals surface area contributed by atoms with Gasteiger partial charge in [-0.2, -0.15) is 5.26 Å². The molecule has 4 nitrogen and oxygen atoms in total. The second kappa shape index (κ2) is 4.83. The summed E-state index contributed by atoms with van der Waals surface area (Å²) in [4.78, 5) is 11.2. The fourth-order valence-electron chi connectivity index (χ4n) is 0.784. The van der Waals surface area contributed by atoms with Crippen LogP contribution < -0.4 is 5.32 Å². The fraction of sp³-hybridized carbons (Fsp3) is 0.778. The zero-order valence-electron chi connectivity index (χ0n) is 8.55. The van der Waals surface area contributed by atoms with Crippen LogP contribution >= 0.6 is 0 Å². The zero-order chi connectivity index (χ0) is 10.5. The lowest BCUT2D eigenvalue weighted by atomic mass is 10.0. The first-order valence-corrected chi connectivity index (χ1v) is 4.15. The summed E-state index contributed by atoms with van der Waals surface area (Å²) < 4.78 is 5.08. The smallest absolute Gasteiger partial charge is 0.223 e. The summed E-state index contributed by atoms with van der Waals surface area (Å²) in [7, 11) is 1.56. The normalized spacial score (nSPS) is 13.2. The summed E-state index contributed by atoms with van der Waals surface area (Å²) >= 11 is 0. The van der Waals surface area contributed by atoms with Crippen LogP contribution in [0, 0.1) is 11.3 Å². The Labute approximate surface area is 78.9 Å². The maximum atomic E-state index is 11.2. The van der Waals surface area contributed by atoms with Crippen molar-refractivity contribution in [2.45, 2.75) is 38.8 Å². The lowest BCUT2D eigenvalue weighted by molar-refractivity contribution is -0.126. The molecule has 0 aliphatic carbocycles. The molecule has 0 aliphatic heterocycles. The highest BCUT2D eigenvalue weighted by Crippen LogP contribution is 2.12. The highest BCUT2D eigenvalue weighted by molar-refractivity contribution is 5.77. The van der Waals surface area contributed by atoms with Gasteiger partial charge in [-0.15, -0.1) is 0 Å². The maximum absolute atomic E-state index is 11.2. The molecule has 0 aromatic carbocycles. The SMILES string of the molecule is COC(C)(C)CC(=O)NC(C)C#N. The molecular formula is C9H16N2O2. The molecule has 0 spiro atoms. The molecule has 0 aromatic heterocycles. The van der Waals surface area contributed by atoms with Gasteiger partial charge < -0.3 is 10.1 Å². The Balaban J connectivity index is 3.96. The van der Waals surface area contributed by atoms with Crippen molar-refractivity contribution >= 4 is 5.91 Å².